The number of phosphoric acid groups is 1. The Labute approximate surface area is 82.7 Å². The van der Waals surface area contributed by atoms with Gasteiger partial charge in [0.2, 0.25) is 0 Å². The number of hydrogen-bond acceptors (Lipinski definition) is 1. The third kappa shape index (κ3) is 3890. The molecule has 0 aromatic rings. The summed E-state index contributed by atoms with van der Waals surface area (Å²) in [6.07, 6.45) is 0. The molecule has 0 fully saturated rings. The van der Waals surface area contributed by atoms with Crippen LogP contribution in [0.3, 0.4) is 0 Å². The van der Waals surface area contributed by atoms with Crippen LogP contribution < -0.4 is 0 Å². The Kier molecular flexibility index (Phi) is 204. The zero-order valence-electron chi connectivity index (χ0n) is 5.86. The molecule has 0 rings (SSSR count). The van der Waals surface area contributed by atoms with Crippen LogP contribution in [0.1, 0.15) is 0 Å². The van der Waals surface area contributed by atoms with E-state index in [0.29, 0.717) is 0 Å². The molecule has 12 heteroatoms. The summed E-state index contributed by atoms with van der Waals surface area (Å²) in [5.74, 6) is 0. The van der Waals surface area contributed by atoms with Gasteiger partial charge in [0.05, 0.1) is 0 Å². The Morgan fingerprint density at radius 1 is 0.750 bits per heavy atom. The van der Waals surface area contributed by atoms with Crippen molar-refractivity contribution in [1.29, 1.82) is 0 Å². The van der Waals surface area contributed by atoms with Crippen molar-refractivity contribution in [2.24, 2.45) is 0 Å². The second-order valence-electron chi connectivity index (χ2n) is 0.513. The first-order valence-electron chi connectivity index (χ1n) is 0.783. The number of rotatable bonds is 0. The molecule has 0 unspecified atom stereocenters. The predicted octanol–water partition coefficient (Wildman–Crippen LogP) is 0.288. The second-order valence-corrected chi connectivity index (χ2v) is 1.54. The Balaban J connectivity index is -0.00000000381. The Hall–Kier alpha value is 0.493. The van der Waals surface area contributed by atoms with E-state index in [1.165, 1.54) is 0 Å². The summed E-state index contributed by atoms with van der Waals surface area (Å²) in [6.45, 7) is 0. The quantitative estimate of drug-likeness (QED) is 0.419. The standard InChI is InChI=1S/4H2N.H3O4P.2H2O.Ru/c;;;;1-5(2,3)4;;;/h4*1H2;(H3,1,2,3,4);2*1H2;/q4*-1;;;;+4. The van der Waals surface area contributed by atoms with Crippen LogP contribution in [0.15, 0.2) is 0 Å². The minimum atomic E-state index is -4.64. The van der Waals surface area contributed by atoms with Gasteiger partial charge in [-0.05, 0) is 0 Å². The summed E-state index contributed by atoms with van der Waals surface area (Å²) in [5.41, 5.74) is 0. The molecular weight excluding hydrogens is 284 g/mol. The van der Waals surface area contributed by atoms with Crippen LogP contribution in [0.5, 0.6) is 0 Å². The van der Waals surface area contributed by atoms with Gasteiger partial charge in [-0.1, -0.05) is 0 Å². The maximum absolute atomic E-state index is 8.88. The van der Waals surface area contributed by atoms with E-state index in [9.17, 15) is 0 Å². The summed E-state index contributed by atoms with van der Waals surface area (Å²) in [7, 11) is -4.64. The van der Waals surface area contributed by atoms with Crippen LogP contribution in [0.25, 0.3) is 24.6 Å². The SMILES string of the molecule is O.O.O=P(O)(O)O.[NH2-].[NH2-].[NH2-].[NH2-].[Ru+4]. The smallest absolute Gasteiger partial charge is 0.693 e. The Morgan fingerprint density at radius 2 is 0.750 bits per heavy atom. The Bertz CT molecular complexity index is 65.7. The number of nitrogens with two attached hydrogens (primary N) is 4. The molecule has 0 aromatic carbocycles. The normalized spacial score (nSPS) is 4.92. The summed E-state index contributed by atoms with van der Waals surface area (Å²) in [5, 5.41) is 0. The van der Waals surface area contributed by atoms with Crippen molar-refractivity contribution in [3.63, 3.8) is 0 Å². The molecule has 0 bridgehead atoms. The zero-order valence-corrected chi connectivity index (χ0v) is 8.49. The van der Waals surface area contributed by atoms with E-state index in [2.05, 4.69) is 0 Å². The van der Waals surface area contributed by atoms with Crippen molar-refractivity contribution in [1.82, 2.24) is 0 Å². The molecule has 0 spiro atoms. The van der Waals surface area contributed by atoms with Gasteiger partial charge in [0.1, 0.15) is 0 Å². The first-order chi connectivity index (χ1) is 2.00. The molecule has 0 aromatic heterocycles. The fourth-order valence-electron chi connectivity index (χ4n) is 0. The average Bonchev–Trinajstić information content (AvgIpc) is 0.722. The van der Waals surface area contributed by atoms with Crippen molar-refractivity contribution in [3.8, 4) is 0 Å². The first-order valence-corrected chi connectivity index (χ1v) is 2.35. The molecule has 0 aliphatic rings. The van der Waals surface area contributed by atoms with Gasteiger partial charge in [0.25, 0.3) is 0 Å². The number of hydrogen-bond donors (Lipinski definition) is 3. The topological polar surface area (TPSA) is 275 Å². The molecule has 0 aliphatic heterocycles. The van der Waals surface area contributed by atoms with Gasteiger partial charge in [-0.15, -0.1) is 0 Å². The monoisotopic (exact) mass is 300 g/mol. The van der Waals surface area contributed by atoms with Crippen molar-refractivity contribution in [2.45, 2.75) is 0 Å². The molecule has 15 N–H and O–H groups in total. The van der Waals surface area contributed by atoms with E-state index in [4.69, 9.17) is 19.2 Å². The minimum absolute atomic E-state index is 0. The molecule has 0 amide bonds. The molecule has 0 heterocycles. The van der Waals surface area contributed by atoms with Crippen LogP contribution in [0.2, 0.25) is 0 Å². The molecule has 12 heavy (non-hydrogen) atoms. The van der Waals surface area contributed by atoms with Crippen LogP contribution in [0, 0.1) is 0 Å². The van der Waals surface area contributed by atoms with Gasteiger partial charge in [-0.2, -0.15) is 0 Å². The maximum atomic E-state index is 8.88. The molecule has 0 saturated heterocycles. The van der Waals surface area contributed by atoms with Crippen LogP contribution in [-0.4, -0.2) is 25.6 Å². The molecule has 84 valence electrons. The molecular formula is H15N4O6PRu. The van der Waals surface area contributed by atoms with Gasteiger partial charge >= 0.3 is 27.3 Å². The van der Waals surface area contributed by atoms with Gasteiger partial charge in [-0.3, -0.25) is 0 Å². The third-order valence-electron chi connectivity index (χ3n) is 0. The summed E-state index contributed by atoms with van der Waals surface area (Å²) in [4.78, 5) is 21.6. The fraction of sp³-hybridized carbons (Fsp3) is 0. The fourth-order valence-corrected chi connectivity index (χ4v) is 0. The Morgan fingerprint density at radius 3 is 0.750 bits per heavy atom. The maximum Gasteiger partial charge on any atom is 4.00 e. The van der Waals surface area contributed by atoms with E-state index in [-0.39, 0.29) is 55.0 Å². The molecule has 0 atom stereocenters. The van der Waals surface area contributed by atoms with Crippen LogP contribution in [0.4, 0.5) is 0 Å². The van der Waals surface area contributed by atoms with Crippen LogP contribution in [-0.2, 0) is 24.0 Å². The second kappa shape index (κ2) is 30.0. The minimum Gasteiger partial charge on any atom is -0.693 e. The molecule has 0 radical (unpaired) electrons. The zero-order chi connectivity index (χ0) is 4.50. The largest absolute Gasteiger partial charge is 4.00 e. The first kappa shape index (κ1) is 81.7. The van der Waals surface area contributed by atoms with E-state index < -0.39 is 7.82 Å². The van der Waals surface area contributed by atoms with Crippen molar-refractivity contribution >= 4 is 7.82 Å². The average molecular weight is 299 g/mol. The summed E-state index contributed by atoms with van der Waals surface area (Å²) in [6, 6.07) is 0. The van der Waals surface area contributed by atoms with Gasteiger partial charge in [0.15, 0.2) is 0 Å². The molecule has 0 aliphatic carbocycles. The summed E-state index contributed by atoms with van der Waals surface area (Å²) >= 11 is 0. The van der Waals surface area contributed by atoms with Crippen molar-refractivity contribution in [2.75, 3.05) is 0 Å². The molecule has 0 saturated carbocycles. The predicted molar refractivity (Wildman–Crippen MR) is 42.6 cm³/mol. The van der Waals surface area contributed by atoms with Gasteiger partial charge < -0.3 is 50.2 Å². The van der Waals surface area contributed by atoms with E-state index >= 15 is 0 Å². The van der Waals surface area contributed by atoms with Gasteiger partial charge in [-0.25, -0.2) is 4.57 Å². The van der Waals surface area contributed by atoms with Crippen molar-refractivity contribution in [3.05, 3.63) is 24.6 Å². The van der Waals surface area contributed by atoms with Crippen LogP contribution >= 0.6 is 7.82 Å². The third-order valence-corrected chi connectivity index (χ3v) is 0. The van der Waals surface area contributed by atoms with E-state index in [1.54, 1.807) is 0 Å². The van der Waals surface area contributed by atoms with E-state index in [1.807, 2.05) is 0 Å². The molecule has 10 nitrogen and oxygen atoms in total. The van der Waals surface area contributed by atoms with Crippen molar-refractivity contribution < 1.29 is 49.7 Å². The summed E-state index contributed by atoms with van der Waals surface area (Å²) < 4.78 is 8.88. The van der Waals surface area contributed by atoms with Gasteiger partial charge in [0, 0.05) is 0 Å². The van der Waals surface area contributed by atoms with E-state index in [0.717, 1.165) is 0 Å².